The number of anilines is 1. The van der Waals surface area contributed by atoms with Gasteiger partial charge in [0.25, 0.3) is 0 Å². The molecule has 0 aliphatic heterocycles. The van der Waals surface area contributed by atoms with E-state index in [0.29, 0.717) is 17.4 Å². The summed E-state index contributed by atoms with van der Waals surface area (Å²) in [6.45, 7) is 8.19. The highest BCUT2D eigenvalue weighted by molar-refractivity contribution is 7.14. The first-order chi connectivity index (χ1) is 9.51. The van der Waals surface area contributed by atoms with Crippen molar-refractivity contribution in [3.05, 3.63) is 26.7 Å². The number of nitrogens with one attached hydrogen (secondary N) is 1. The van der Waals surface area contributed by atoms with Crippen molar-refractivity contribution in [3.63, 3.8) is 0 Å². The van der Waals surface area contributed by atoms with Gasteiger partial charge in [-0.05, 0) is 27.7 Å². The molecule has 20 heavy (non-hydrogen) atoms. The zero-order chi connectivity index (χ0) is 14.7. The fourth-order valence-electron chi connectivity index (χ4n) is 1.84. The zero-order valence-electron chi connectivity index (χ0n) is 11.9. The zero-order valence-corrected chi connectivity index (χ0v) is 13.5. The average molecular weight is 311 g/mol. The Hall–Kier alpha value is -1.47. The van der Waals surface area contributed by atoms with Crippen LogP contribution in [0.1, 0.15) is 46.0 Å². The fraction of sp³-hybridized carbons (Fsp3) is 0.462. The number of carbonyl (C=O) groups is 1. The van der Waals surface area contributed by atoms with Crippen LogP contribution >= 0.6 is 22.7 Å². The molecule has 0 spiro atoms. The monoisotopic (exact) mass is 311 g/mol. The maximum Gasteiger partial charge on any atom is 0.357 e. The van der Waals surface area contributed by atoms with E-state index in [-0.39, 0.29) is 12.0 Å². The van der Waals surface area contributed by atoms with E-state index in [1.165, 1.54) is 16.2 Å². The molecule has 1 unspecified atom stereocenters. The van der Waals surface area contributed by atoms with Gasteiger partial charge in [-0.25, -0.2) is 14.8 Å². The molecule has 0 aliphatic carbocycles. The first kappa shape index (κ1) is 14.9. The van der Waals surface area contributed by atoms with E-state index in [1.54, 1.807) is 23.6 Å². The summed E-state index contributed by atoms with van der Waals surface area (Å²) >= 11 is 3.08. The van der Waals surface area contributed by atoms with Crippen molar-refractivity contribution in [2.75, 3.05) is 11.9 Å². The number of nitrogens with zero attached hydrogens (tertiary/aromatic N) is 2. The molecule has 2 rings (SSSR count). The molecular formula is C13H17N3O2S2. The van der Waals surface area contributed by atoms with Crippen molar-refractivity contribution in [3.8, 4) is 0 Å². The number of rotatable bonds is 5. The second-order valence-corrected chi connectivity index (χ2v) is 6.40. The normalized spacial score (nSPS) is 12.2. The van der Waals surface area contributed by atoms with E-state index in [1.807, 2.05) is 13.8 Å². The molecule has 2 heterocycles. The van der Waals surface area contributed by atoms with E-state index in [4.69, 9.17) is 4.74 Å². The van der Waals surface area contributed by atoms with Crippen LogP contribution in [0.15, 0.2) is 5.38 Å². The maximum absolute atomic E-state index is 11.6. The van der Waals surface area contributed by atoms with Crippen LogP contribution in [-0.2, 0) is 4.74 Å². The van der Waals surface area contributed by atoms with Crippen LogP contribution in [0.3, 0.4) is 0 Å². The highest BCUT2D eigenvalue weighted by Gasteiger charge is 2.16. The van der Waals surface area contributed by atoms with Crippen molar-refractivity contribution < 1.29 is 9.53 Å². The predicted molar refractivity (Wildman–Crippen MR) is 81.7 cm³/mol. The van der Waals surface area contributed by atoms with Gasteiger partial charge in [0.05, 0.1) is 23.4 Å². The van der Waals surface area contributed by atoms with Crippen LogP contribution in [0.4, 0.5) is 5.13 Å². The summed E-state index contributed by atoms with van der Waals surface area (Å²) in [5.41, 5.74) is 1.39. The van der Waals surface area contributed by atoms with Gasteiger partial charge in [0.2, 0.25) is 0 Å². The van der Waals surface area contributed by atoms with E-state index < -0.39 is 0 Å². The Morgan fingerprint density at radius 1 is 1.45 bits per heavy atom. The summed E-state index contributed by atoms with van der Waals surface area (Å²) in [6, 6.07) is 0.113. The van der Waals surface area contributed by atoms with Gasteiger partial charge >= 0.3 is 5.97 Å². The molecule has 2 aromatic rings. The Labute approximate surface area is 126 Å². The Balaban J connectivity index is 2.07. The molecule has 7 heteroatoms. The Morgan fingerprint density at radius 2 is 2.20 bits per heavy atom. The molecule has 0 aromatic carbocycles. The molecule has 0 bridgehead atoms. The molecule has 1 atom stereocenters. The number of thiazole rings is 2. The average Bonchev–Trinajstić information content (AvgIpc) is 2.96. The van der Waals surface area contributed by atoms with Gasteiger partial charge in [-0.15, -0.1) is 22.7 Å². The lowest BCUT2D eigenvalue weighted by molar-refractivity contribution is 0.0520. The summed E-state index contributed by atoms with van der Waals surface area (Å²) < 4.78 is 4.92. The number of esters is 1. The molecule has 0 aliphatic rings. The van der Waals surface area contributed by atoms with Crippen LogP contribution in [-0.4, -0.2) is 22.5 Å². The van der Waals surface area contributed by atoms with Crippen LogP contribution in [0, 0.1) is 13.8 Å². The summed E-state index contributed by atoms with van der Waals surface area (Å²) in [4.78, 5) is 21.4. The Morgan fingerprint density at radius 3 is 2.80 bits per heavy atom. The number of ether oxygens (including phenoxy) is 1. The highest BCUT2D eigenvalue weighted by atomic mass is 32.1. The summed E-state index contributed by atoms with van der Waals surface area (Å²) in [7, 11) is 0. The molecule has 108 valence electrons. The minimum absolute atomic E-state index is 0.113. The SMILES string of the molecule is CCOC(=O)c1csc(NC(C)c2sc(C)nc2C)n1. The molecule has 0 saturated carbocycles. The molecule has 0 saturated heterocycles. The van der Waals surface area contributed by atoms with Crippen LogP contribution in [0.5, 0.6) is 0 Å². The van der Waals surface area contributed by atoms with E-state index in [2.05, 4.69) is 22.2 Å². The van der Waals surface area contributed by atoms with Gasteiger partial charge in [0.1, 0.15) is 0 Å². The topological polar surface area (TPSA) is 64.1 Å². The van der Waals surface area contributed by atoms with Crippen LogP contribution in [0.2, 0.25) is 0 Å². The number of aryl methyl sites for hydroxylation is 2. The van der Waals surface area contributed by atoms with Crippen LogP contribution in [0.25, 0.3) is 0 Å². The summed E-state index contributed by atoms with van der Waals surface area (Å²) in [5.74, 6) is -0.380. The van der Waals surface area contributed by atoms with E-state index in [0.717, 1.165) is 10.7 Å². The third-order valence-corrected chi connectivity index (χ3v) is 4.69. The molecular weight excluding hydrogens is 294 g/mol. The lowest BCUT2D eigenvalue weighted by atomic mass is 10.2. The second kappa shape index (κ2) is 6.32. The fourth-order valence-corrected chi connectivity index (χ4v) is 3.54. The Bertz CT molecular complexity index is 607. The standard InChI is InChI=1S/C13H17N3O2S2/c1-5-18-12(17)10-6-19-13(16-10)15-8(3)11-7(2)14-9(4)20-11/h6,8H,5H2,1-4H3,(H,15,16). The quantitative estimate of drug-likeness (QED) is 0.855. The molecule has 5 nitrogen and oxygen atoms in total. The van der Waals surface area contributed by atoms with Gasteiger partial charge in [0.15, 0.2) is 10.8 Å². The first-order valence-electron chi connectivity index (χ1n) is 6.34. The second-order valence-electron chi connectivity index (χ2n) is 4.31. The molecule has 1 N–H and O–H groups in total. The minimum Gasteiger partial charge on any atom is -0.461 e. The van der Waals surface area contributed by atoms with Crippen molar-refractivity contribution in [1.82, 2.24) is 9.97 Å². The van der Waals surface area contributed by atoms with Gasteiger partial charge in [-0.3, -0.25) is 0 Å². The molecule has 0 fully saturated rings. The Kier molecular flexibility index (Phi) is 4.72. The largest absolute Gasteiger partial charge is 0.461 e. The van der Waals surface area contributed by atoms with Gasteiger partial charge < -0.3 is 10.1 Å². The number of hydrogen-bond donors (Lipinski definition) is 1. The predicted octanol–water partition coefficient (Wildman–Crippen LogP) is 3.57. The first-order valence-corrected chi connectivity index (χ1v) is 8.04. The molecule has 0 radical (unpaired) electrons. The highest BCUT2D eigenvalue weighted by Crippen LogP contribution is 2.28. The van der Waals surface area contributed by atoms with Crippen molar-refractivity contribution in [1.29, 1.82) is 0 Å². The molecule has 2 aromatic heterocycles. The van der Waals surface area contributed by atoms with Gasteiger partial charge in [-0.2, -0.15) is 0 Å². The summed E-state index contributed by atoms with van der Waals surface area (Å²) in [6.07, 6.45) is 0. The van der Waals surface area contributed by atoms with E-state index >= 15 is 0 Å². The van der Waals surface area contributed by atoms with Crippen molar-refractivity contribution >= 4 is 33.8 Å². The number of hydrogen-bond acceptors (Lipinski definition) is 7. The van der Waals surface area contributed by atoms with Crippen molar-refractivity contribution in [2.45, 2.75) is 33.7 Å². The lowest BCUT2D eigenvalue weighted by Crippen LogP contribution is -2.08. The van der Waals surface area contributed by atoms with Crippen LogP contribution < -0.4 is 5.32 Å². The van der Waals surface area contributed by atoms with Gasteiger partial charge in [-0.1, -0.05) is 0 Å². The lowest BCUT2D eigenvalue weighted by Gasteiger charge is -2.11. The smallest absolute Gasteiger partial charge is 0.357 e. The van der Waals surface area contributed by atoms with Crippen molar-refractivity contribution in [2.24, 2.45) is 0 Å². The number of aromatic nitrogens is 2. The third-order valence-electron chi connectivity index (χ3n) is 2.66. The number of carbonyl (C=O) groups excluding carboxylic acids is 1. The van der Waals surface area contributed by atoms with Gasteiger partial charge in [0, 0.05) is 10.3 Å². The molecule has 0 amide bonds. The third kappa shape index (κ3) is 3.34. The minimum atomic E-state index is -0.380. The maximum atomic E-state index is 11.6. The van der Waals surface area contributed by atoms with E-state index in [9.17, 15) is 4.79 Å². The summed E-state index contributed by atoms with van der Waals surface area (Å²) in [5, 5.41) is 6.77.